The predicted octanol–water partition coefficient (Wildman–Crippen LogP) is 2.48. The second-order valence-electron chi connectivity index (χ2n) is 4.89. The van der Waals surface area contributed by atoms with Crippen LogP contribution in [0.4, 0.5) is 11.4 Å². The average Bonchev–Trinajstić information content (AvgIpc) is 2.55. The average molecular weight is 317 g/mol. The van der Waals surface area contributed by atoms with E-state index in [1.54, 1.807) is 26.4 Å². The number of rotatable bonds is 7. The van der Waals surface area contributed by atoms with Crippen LogP contribution in [0.25, 0.3) is 0 Å². The Hall–Kier alpha value is -2.80. The molecule has 0 unspecified atom stereocenters. The number of methoxy groups -OCH3 is 2. The summed E-state index contributed by atoms with van der Waals surface area (Å²) in [5.74, 6) is 1.29. The molecular formula is C16H19N3O4. The van der Waals surface area contributed by atoms with Crippen LogP contribution in [0.2, 0.25) is 0 Å². The molecular weight excluding hydrogens is 298 g/mol. The lowest BCUT2D eigenvalue weighted by molar-refractivity contribution is -0.385. The number of hydrogen-bond donors (Lipinski definition) is 2. The minimum Gasteiger partial charge on any atom is -0.493 e. The largest absolute Gasteiger partial charge is 0.493 e. The number of nitro groups is 1. The van der Waals surface area contributed by atoms with E-state index in [4.69, 9.17) is 15.2 Å². The van der Waals surface area contributed by atoms with Gasteiger partial charge >= 0.3 is 0 Å². The van der Waals surface area contributed by atoms with Gasteiger partial charge in [0.15, 0.2) is 11.5 Å². The van der Waals surface area contributed by atoms with E-state index in [1.165, 1.54) is 6.07 Å². The monoisotopic (exact) mass is 317 g/mol. The fourth-order valence-electron chi connectivity index (χ4n) is 2.28. The Labute approximate surface area is 134 Å². The summed E-state index contributed by atoms with van der Waals surface area (Å²) in [6.45, 7) is 0.823. The van der Waals surface area contributed by atoms with E-state index in [0.717, 1.165) is 5.56 Å². The summed E-state index contributed by atoms with van der Waals surface area (Å²) in [6.07, 6.45) is 0. The van der Waals surface area contributed by atoms with Crippen molar-refractivity contribution >= 4 is 11.4 Å². The van der Waals surface area contributed by atoms with Crippen molar-refractivity contribution in [2.24, 2.45) is 0 Å². The third-order valence-electron chi connectivity index (χ3n) is 3.46. The van der Waals surface area contributed by atoms with Crippen molar-refractivity contribution in [2.75, 3.05) is 20.0 Å². The fraction of sp³-hybridized carbons (Fsp3) is 0.250. The molecule has 0 amide bonds. The topological polar surface area (TPSA) is 99.7 Å². The molecule has 0 aliphatic carbocycles. The highest BCUT2D eigenvalue weighted by Crippen LogP contribution is 2.28. The van der Waals surface area contributed by atoms with Gasteiger partial charge in [0.05, 0.1) is 24.7 Å². The zero-order valence-corrected chi connectivity index (χ0v) is 13.0. The number of nitrogens with one attached hydrogen (secondary N) is 1. The highest BCUT2D eigenvalue weighted by molar-refractivity contribution is 5.57. The normalized spacial score (nSPS) is 10.3. The second-order valence-corrected chi connectivity index (χ2v) is 4.89. The molecule has 0 fully saturated rings. The van der Waals surface area contributed by atoms with Gasteiger partial charge in [-0.2, -0.15) is 0 Å². The number of nitrogen functional groups attached to an aromatic ring is 1. The van der Waals surface area contributed by atoms with Crippen LogP contribution in [0.3, 0.4) is 0 Å². The van der Waals surface area contributed by atoms with Gasteiger partial charge in [-0.25, -0.2) is 0 Å². The van der Waals surface area contributed by atoms with E-state index in [0.29, 0.717) is 35.8 Å². The second kappa shape index (κ2) is 7.46. The van der Waals surface area contributed by atoms with E-state index >= 15 is 0 Å². The lowest BCUT2D eigenvalue weighted by Crippen LogP contribution is -2.15. The lowest BCUT2D eigenvalue weighted by Gasteiger charge is -2.11. The third kappa shape index (κ3) is 3.89. The molecule has 0 spiro atoms. The van der Waals surface area contributed by atoms with Crippen molar-refractivity contribution in [2.45, 2.75) is 13.1 Å². The third-order valence-corrected chi connectivity index (χ3v) is 3.46. The van der Waals surface area contributed by atoms with Crippen LogP contribution >= 0.6 is 0 Å². The van der Waals surface area contributed by atoms with Crippen molar-refractivity contribution in [1.29, 1.82) is 0 Å². The Morgan fingerprint density at radius 2 is 1.87 bits per heavy atom. The molecule has 0 radical (unpaired) electrons. The summed E-state index contributed by atoms with van der Waals surface area (Å²) >= 11 is 0. The number of anilines is 1. The van der Waals surface area contributed by atoms with E-state index in [1.807, 2.05) is 18.2 Å². The van der Waals surface area contributed by atoms with Crippen molar-refractivity contribution in [1.82, 2.24) is 5.32 Å². The Morgan fingerprint density at radius 3 is 2.52 bits per heavy atom. The molecule has 0 aliphatic heterocycles. The van der Waals surface area contributed by atoms with Gasteiger partial charge in [-0.3, -0.25) is 10.1 Å². The van der Waals surface area contributed by atoms with Crippen molar-refractivity contribution in [3.8, 4) is 11.5 Å². The summed E-state index contributed by atoms with van der Waals surface area (Å²) < 4.78 is 10.4. The van der Waals surface area contributed by atoms with Crippen LogP contribution in [0.5, 0.6) is 11.5 Å². The minimum absolute atomic E-state index is 0.0183. The molecule has 0 saturated heterocycles. The maximum Gasteiger partial charge on any atom is 0.275 e. The zero-order valence-electron chi connectivity index (χ0n) is 13.0. The molecule has 0 heterocycles. The first-order chi connectivity index (χ1) is 11.1. The van der Waals surface area contributed by atoms with Crippen molar-refractivity contribution in [3.63, 3.8) is 0 Å². The molecule has 0 bridgehead atoms. The van der Waals surface area contributed by atoms with Crippen molar-refractivity contribution in [3.05, 3.63) is 57.6 Å². The van der Waals surface area contributed by atoms with Crippen LogP contribution in [0, 0.1) is 10.1 Å². The number of nitro benzene ring substituents is 1. The van der Waals surface area contributed by atoms with Gasteiger partial charge in [0.2, 0.25) is 0 Å². The number of nitrogens with two attached hydrogens (primary N) is 1. The molecule has 0 aromatic heterocycles. The van der Waals surface area contributed by atoms with E-state index in [2.05, 4.69) is 5.32 Å². The van der Waals surface area contributed by atoms with E-state index in [-0.39, 0.29) is 5.69 Å². The summed E-state index contributed by atoms with van der Waals surface area (Å²) in [6, 6.07) is 10.2. The number of benzene rings is 2. The quantitative estimate of drug-likeness (QED) is 0.462. The summed E-state index contributed by atoms with van der Waals surface area (Å²) in [7, 11) is 3.15. The standard InChI is InChI=1S/C16H19N3O4/c1-22-15-7-6-11(8-16(15)23-2)9-18-10-12-13(17)4-3-5-14(12)19(20)21/h3-8,18H,9-10,17H2,1-2H3. The van der Waals surface area contributed by atoms with Gasteiger partial charge in [-0.05, 0) is 23.8 Å². The highest BCUT2D eigenvalue weighted by atomic mass is 16.6. The minimum atomic E-state index is -0.427. The molecule has 7 heteroatoms. The number of ether oxygens (including phenoxy) is 2. The molecule has 122 valence electrons. The molecule has 0 saturated carbocycles. The fourth-order valence-corrected chi connectivity index (χ4v) is 2.28. The molecule has 2 aromatic rings. The van der Waals surface area contributed by atoms with Crippen LogP contribution < -0.4 is 20.5 Å². The highest BCUT2D eigenvalue weighted by Gasteiger charge is 2.15. The Morgan fingerprint density at radius 1 is 1.13 bits per heavy atom. The molecule has 2 aromatic carbocycles. The van der Waals surface area contributed by atoms with Crippen LogP contribution in [0.1, 0.15) is 11.1 Å². The number of nitrogens with zero attached hydrogens (tertiary/aromatic N) is 1. The molecule has 3 N–H and O–H groups in total. The smallest absolute Gasteiger partial charge is 0.275 e. The maximum absolute atomic E-state index is 11.1. The van der Waals surface area contributed by atoms with E-state index < -0.39 is 4.92 Å². The van der Waals surface area contributed by atoms with Gasteiger partial charge in [0.25, 0.3) is 5.69 Å². The Balaban J connectivity index is 2.07. The first kappa shape index (κ1) is 16.6. The van der Waals surface area contributed by atoms with Crippen LogP contribution in [-0.4, -0.2) is 19.1 Å². The first-order valence-corrected chi connectivity index (χ1v) is 7.00. The summed E-state index contributed by atoms with van der Waals surface area (Å²) in [4.78, 5) is 10.6. The molecule has 0 atom stereocenters. The lowest BCUT2D eigenvalue weighted by atomic mass is 10.1. The Kier molecular flexibility index (Phi) is 5.37. The maximum atomic E-state index is 11.1. The zero-order chi connectivity index (χ0) is 16.8. The van der Waals surface area contributed by atoms with Gasteiger partial charge in [-0.15, -0.1) is 0 Å². The SMILES string of the molecule is COc1ccc(CNCc2c(N)cccc2[N+](=O)[O-])cc1OC. The van der Waals surface area contributed by atoms with Gasteiger partial charge < -0.3 is 20.5 Å². The molecule has 0 aliphatic rings. The van der Waals surface area contributed by atoms with Crippen molar-refractivity contribution < 1.29 is 14.4 Å². The van der Waals surface area contributed by atoms with E-state index in [9.17, 15) is 10.1 Å². The van der Waals surface area contributed by atoms with Crippen LogP contribution in [0.15, 0.2) is 36.4 Å². The summed E-state index contributed by atoms with van der Waals surface area (Å²) in [5.41, 5.74) is 7.72. The van der Waals surface area contributed by atoms with Gasteiger partial charge in [-0.1, -0.05) is 12.1 Å². The molecule has 2 rings (SSSR count). The first-order valence-electron chi connectivity index (χ1n) is 7.00. The van der Waals surface area contributed by atoms with Gasteiger partial charge in [0.1, 0.15) is 0 Å². The molecule has 23 heavy (non-hydrogen) atoms. The number of hydrogen-bond acceptors (Lipinski definition) is 6. The van der Waals surface area contributed by atoms with Crippen LogP contribution in [-0.2, 0) is 13.1 Å². The Bertz CT molecular complexity index is 704. The predicted molar refractivity (Wildman–Crippen MR) is 87.6 cm³/mol. The summed E-state index contributed by atoms with van der Waals surface area (Å²) in [5, 5.41) is 14.2. The van der Waals surface area contributed by atoms with Gasteiger partial charge in [0, 0.05) is 24.8 Å². The molecule has 7 nitrogen and oxygen atoms in total.